The fourth-order valence-corrected chi connectivity index (χ4v) is 4.19. The Morgan fingerprint density at radius 3 is 2.74 bits per heavy atom. The highest BCUT2D eigenvalue weighted by Gasteiger charge is 2.26. The van der Waals surface area contributed by atoms with Crippen LogP contribution in [0.1, 0.15) is 39.0 Å². The molecule has 2 rings (SSSR count). The van der Waals surface area contributed by atoms with Crippen LogP contribution in [0.5, 0.6) is 0 Å². The van der Waals surface area contributed by atoms with E-state index in [2.05, 4.69) is 17.1 Å². The maximum atomic E-state index is 12.0. The van der Waals surface area contributed by atoms with Gasteiger partial charge in [-0.05, 0) is 37.9 Å². The minimum Gasteiger partial charge on any atom is -0.352 e. The normalized spacial score (nSPS) is 29.6. The molecule has 1 heterocycles. The fraction of sp³-hybridized carbons (Fsp3) is 0.929. The van der Waals surface area contributed by atoms with Crippen LogP contribution in [-0.2, 0) is 4.79 Å². The molecule has 2 atom stereocenters. The first-order valence-electron chi connectivity index (χ1n) is 7.56. The number of hydrogen-bond acceptors (Lipinski definition) is 4. The third-order valence-electron chi connectivity index (χ3n) is 4.15. The van der Waals surface area contributed by atoms with Crippen molar-refractivity contribution in [3.05, 3.63) is 0 Å². The smallest absolute Gasteiger partial charge is 0.234 e. The van der Waals surface area contributed by atoms with Gasteiger partial charge < -0.3 is 11.1 Å². The van der Waals surface area contributed by atoms with Crippen LogP contribution in [0.2, 0.25) is 0 Å². The Hall–Kier alpha value is -0.260. The third-order valence-corrected chi connectivity index (χ3v) is 5.38. The van der Waals surface area contributed by atoms with Gasteiger partial charge in [0, 0.05) is 30.4 Å². The zero-order valence-electron chi connectivity index (χ0n) is 11.9. The molecule has 0 radical (unpaired) electrons. The summed E-state index contributed by atoms with van der Waals surface area (Å²) in [5.74, 6) is 1.38. The van der Waals surface area contributed by atoms with E-state index in [1.807, 2.05) is 11.8 Å². The van der Waals surface area contributed by atoms with Crippen molar-refractivity contribution < 1.29 is 4.79 Å². The quantitative estimate of drug-likeness (QED) is 0.797. The average Bonchev–Trinajstić information content (AvgIpc) is 2.80. The minimum atomic E-state index is 0.197. The molecule has 1 saturated carbocycles. The second-order valence-corrected chi connectivity index (χ2v) is 7.35. The molecule has 19 heavy (non-hydrogen) atoms. The molecule has 2 aliphatic rings. The Kier molecular flexibility index (Phi) is 5.98. The highest BCUT2D eigenvalue weighted by molar-refractivity contribution is 7.99. The monoisotopic (exact) mass is 285 g/mol. The summed E-state index contributed by atoms with van der Waals surface area (Å²) in [5, 5.41) is 3.95. The van der Waals surface area contributed by atoms with Crippen molar-refractivity contribution in [2.45, 2.75) is 56.4 Å². The first kappa shape index (κ1) is 15.1. The lowest BCUT2D eigenvalue weighted by Crippen LogP contribution is -2.46. The molecule has 0 aromatic heterocycles. The first-order valence-corrected chi connectivity index (χ1v) is 8.61. The number of piperidine rings is 1. The summed E-state index contributed by atoms with van der Waals surface area (Å²) in [7, 11) is 0. The summed E-state index contributed by atoms with van der Waals surface area (Å²) < 4.78 is 0. The van der Waals surface area contributed by atoms with Gasteiger partial charge in [-0.15, -0.1) is 0 Å². The van der Waals surface area contributed by atoms with Crippen molar-refractivity contribution in [2.75, 3.05) is 25.4 Å². The molecule has 3 N–H and O–H groups in total. The van der Waals surface area contributed by atoms with Crippen molar-refractivity contribution in [2.24, 2.45) is 5.73 Å². The van der Waals surface area contributed by atoms with Crippen LogP contribution in [0.4, 0.5) is 0 Å². The number of carbonyl (C=O) groups excluding carboxylic acids is 1. The number of rotatable bonds is 5. The summed E-state index contributed by atoms with van der Waals surface area (Å²) in [6, 6.07) is 0.740. The first-order chi connectivity index (χ1) is 9.17. The van der Waals surface area contributed by atoms with Gasteiger partial charge in [0.15, 0.2) is 0 Å². The van der Waals surface area contributed by atoms with Crippen molar-refractivity contribution in [1.82, 2.24) is 10.2 Å². The molecule has 110 valence electrons. The molecule has 2 fully saturated rings. The van der Waals surface area contributed by atoms with Crippen LogP contribution in [0.3, 0.4) is 0 Å². The predicted molar refractivity (Wildman–Crippen MR) is 81.4 cm³/mol. The van der Waals surface area contributed by atoms with E-state index in [1.165, 1.54) is 12.2 Å². The SMILES string of the molecule is CCSC1CCC(NC(=O)CN2CCC(N)CC2)C1. The number of hydrogen-bond donors (Lipinski definition) is 2. The van der Waals surface area contributed by atoms with Gasteiger partial charge in [0.25, 0.3) is 0 Å². The van der Waals surface area contributed by atoms with Crippen molar-refractivity contribution in [1.29, 1.82) is 0 Å². The number of thioether (sulfide) groups is 1. The zero-order valence-corrected chi connectivity index (χ0v) is 12.8. The van der Waals surface area contributed by atoms with Crippen molar-refractivity contribution in [3.63, 3.8) is 0 Å². The fourth-order valence-electron chi connectivity index (χ4n) is 3.05. The summed E-state index contributed by atoms with van der Waals surface area (Å²) in [6.07, 6.45) is 5.59. The number of likely N-dealkylation sites (tertiary alicyclic amines) is 1. The van der Waals surface area contributed by atoms with E-state index >= 15 is 0 Å². The standard InChI is InChI=1S/C14H27N3OS/c1-2-19-13-4-3-12(9-13)16-14(18)10-17-7-5-11(15)6-8-17/h11-13H,2-10,15H2,1H3,(H,16,18). The molecule has 1 aliphatic carbocycles. The van der Waals surface area contributed by atoms with Gasteiger partial charge in [0.2, 0.25) is 5.91 Å². The summed E-state index contributed by atoms with van der Waals surface area (Å²) in [5.41, 5.74) is 5.87. The lowest BCUT2D eigenvalue weighted by atomic mass is 10.1. The van der Waals surface area contributed by atoms with E-state index in [-0.39, 0.29) is 5.91 Å². The lowest BCUT2D eigenvalue weighted by Gasteiger charge is -2.29. The van der Waals surface area contributed by atoms with Crippen molar-refractivity contribution in [3.8, 4) is 0 Å². The van der Waals surface area contributed by atoms with Gasteiger partial charge in [-0.25, -0.2) is 0 Å². The number of nitrogens with two attached hydrogens (primary N) is 1. The van der Waals surface area contributed by atoms with Crippen LogP contribution in [0.15, 0.2) is 0 Å². The van der Waals surface area contributed by atoms with E-state index in [4.69, 9.17) is 5.73 Å². The molecule has 0 aromatic carbocycles. The van der Waals surface area contributed by atoms with Gasteiger partial charge in [-0.2, -0.15) is 11.8 Å². The maximum Gasteiger partial charge on any atom is 0.234 e. The van der Waals surface area contributed by atoms with Crippen LogP contribution in [0.25, 0.3) is 0 Å². The summed E-state index contributed by atoms with van der Waals surface area (Å²) >= 11 is 2.03. The van der Waals surface area contributed by atoms with Crippen molar-refractivity contribution >= 4 is 17.7 Å². The topological polar surface area (TPSA) is 58.4 Å². The van der Waals surface area contributed by atoms with Gasteiger partial charge in [0.05, 0.1) is 6.54 Å². The molecule has 2 unspecified atom stereocenters. The minimum absolute atomic E-state index is 0.197. The Morgan fingerprint density at radius 1 is 1.32 bits per heavy atom. The predicted octanol–water partition coefficient (Wildman–Crippen LogP) is 1.20. The van der Waals surface area contributed by atoms with E-state index < -0.39 is 0 Å². The van der Waals surface area contributed by atoms with Crippen LogP contribution in [0, 0.1) is 0 Å². The molecule has 1 amide bonds. The number of amides is 1. The summed E-state index contributed by atoms with van der Waals surface area (Å²) in [4.78, 5) is 14.3. The van der Waals surface area contributed by atoms with Gasteiger partial charge in [-0.1, -0.05) is 6.92 Å². The Labute approximate surface area is 120 Å². The molecule has 5 heteroatoms. The second kappa shape index (κ2) is 7.50. The van der Waals surface area contributed by atoms with E-state index in [0.717, 1.165) is 44.0 Å². The van der Waals surface area contributed by atoms with E-state index in [9.17, 15) is 4.79 Å². The molecule has 4 nitrogen and oxygen atoms in total. The Morgan fingerprint density at radius 2 is 2.05 bits per heavy atom. The summed E-state index contributed by atoms with van der Waals surface area (Å²) in [6.45, 7) is 4.69. The largest absolute Gasteiger partial charge is 0.352 e. The number of nitrogens with one attached hydrogen (secondary N) is 1. The van der Waals surface area contributed by atoms with Gasteiger partial charge in [-0.3, -0.25) is 9.69 Å². The molecule has 1 saturated heterocycles. The van der Waals surface area contributed by atoms with Gasteiger partial charge in [0.1, 0.15) is 0 Å². The molecule has 0 bridgehead atoms. The Bertz CT molecular complexity index is 292. The van der Waals surface area contributed by atoms with E-state index in [0.29, 0.717) is 18.6 Å². The zero-order chi connectivity index (χ0) is 13.7. The highest BCUT2D eigenvalue weighted by Crippen LogP contribution is 2.29. The third kappa shape index (κ3) is 4.97. The molecule has 1 aliphatic heterocycles. The number of nitrogens with zero attached hydrogens (tertiary/aromatic N) is 1. The molecule has 0 aromatic rings. The van der Waals surface area contributed by atoms with Crippen LogP contribution >= 0.6 is 11.8 Å². The van der Waals surface area contributed by atoms with Crippen LogP contribution < -0.4 is 11.1 Å². The van der Waals surface area contributed by atoms with Gasteiger partial charge >= 0.3 is 0 Å². The lowest BCUT2D eigenvalue weighted by molar-refractivity contribution is -0.123. The Balaban J connectivity index is 1.65. The average molecular weight is 285 g/mol. The molecular weight excluding hydrogens is 258 g/mol. The number of carbonyl (C=O) groups is 1. The van der Waals surface area contributed by atoms with Crippen LogP contribution in [-0.4, -0.2) is 53.5 Å². The second-order valence-electron chi connectivity index (χ2n) is 5.77. The maximum absolute atomic E-state index is 12.0. The van der Waals surface area contributed by atoms with E-state index in [1.54, 1.807) is 0 Å². The molecular formula is C14H27N3OS. The molecule has 0 spiro atoms. The highest BCUT2D eigenvalue weighted by atomic mass is 32.2.